The number of hydrogen-bond acceptors (Lipinski definition) is 6. The van der Waals surface area contributed by atoms with Crippen molar-refractivity contribution in [1.29, 1.82) is 0 Å². The predicted molar refractivity (Wildman–Crippen MR) is 175 cm³/mol. The quantitative estimate of drug-likeness (QED) is 0.152. The summed E-state index contributed by atoms with van der Waals surface area (Å²) in [6.07, 6.45) is -2.40. The number of aromatic nitrogens is 1. The van der Waals surface area contributed by atoms with E-state index in [0.29, 0.717) is 33.4 Å². The number of benzene rings is 3. The van der Waals surface area contributed by atoms with Gasteiger partial charge >= 0.3 is 6.18 Å². The Balaban J connectivity index is 1.70. The number of nitrogens with zero attached hydrogens (tertiary/aromatic N) is 2. The van der Waals surface area contributed by atoms with Gasteiger partial charge in [-0.2, -0.15) is 13.2 Å². The lowest BCUT2D eigenvalue weighted by Gasteiger charge is -2.24. The van der Waals surface area contributed by atoms with E-state index in [-0.39, 0.29) is 41.3 Å². The second-order valence-corrected chi connectivity index (χ2v) is 12.9. The number of furan rings is 1. The Morgan fingerprint density at radius 2 is 1.68 bits per heavy atom. The molecule has 2 heterocycles. The van der Waals surface area contributed by atoms with Crippen LogP contribution in [0.4, 0.5) is 18.9 Å². The Morgan fingerprint density at radius 1 is 0.957 bits per heavy atom. The van der Waals surface area contributed by atoms with Gasteiger partial charge in [0.1, 0.15) is 11.3 Å². The second-order valence-electron chi connectivity index (χ2n) is 11.0. The van der Waals surface area contributed by atoms with Crippen molar-refractivity contribution >= 4 is 38.4 Å². The van der Waals surface area contributed by atoms with Gasteiger partial charge in [0.05, 0.1) is 23.2 Å². The number of nitrogens with one attached hydrogen (secondary N) is 1. The number of halogens is 3. The van der Waals surface area contributed by atoms with Crippen LogP contribution in [0.5, 0.6) is 0 Å². The van der Waals surface area contributed by atoms with Gasteiger partial charge in [0.25, 0.3) is 5.91 Å². The van der Waals surface area contributed by atoms with Crippen LogP contribution in [-0.2, 0) is 10.0 Å². The van der Waals surface area contributed by atoms with E-state index < -0.39 is 28.1 Å². The molecule has 0 radical (unpaired) electrons. The lowest BCUT2D eigenvalue weighted by molar-refractivity contribution is -0.156. The van der Waals surface area contributed by atoms with Crippen molar-refractivity contribution in [2.45, 2.75) is 39.4 Å². The molecule has 0 bridgehead atoms. The van der Waals surface area contributed by atoms with E-state index in [1.54, 1.807) is 26.0 Å². The van der Waals surface area contributed by atoms with Gasteiger partial charge in [0, 0.05) is 47.3 Å². The molecule has 1 N–H and O–H groups in total. The molecular formula is C35H32F3N3O5S. The van der Waals surface area contributed by atoms with Crippen LogP contribution in [0.15, 0.2) is 89.5 Å². The second kappa shape index (κ2) is 13.0. The molecule has 244 valence electrons. The van der Waals surface area contributed by atoms with Gasteiger partial charge in [-0.3, -0.25) is 18.9 Å². The molecule has 0 aliphatic heterocycles. The first-order chi connectivity index (χ1) is 22.2. The van der Waals surface area contributed by atoms with Gasteiger partial charge in [0.15, 0.2) is 11.8 Å². The lowest BCUT2D eigenvalue weighted by atomic mass is 9.95. The van der Waals surface area contributed by atoms with Crippen LogP contribution in [0.1, 0.15) is 58.3 Å². The maximum atomic E-state index is 14.0. The highest BCUT2D eigenvalue weighted by molar-refractivity contribution is 7.92. The van der Waals surface area contributed by atoms with Crippen LogP contribution in [0.3, 0.4) is 0 Å². The molecule has 1 amide bonds. The van der Waals surface area contributed by atoms with E-state index in [0.717, 1.165) is 16.1 Å². The van der Waals surface area contributed by atoms with Crippen LogP contribution in [0.25, 0.3) is 33.4 Å². The van der Waals surface area contributed by atoms with Crippen molar-refractivity contribution in [3.63, 3.8) is 0 Å². The average molecular weight is 664 g/mol. The molecule has 5 rings (SSSR count). The number of aryl methyl sites for hydroxylation is 1. The molecule has 1 atom stereocenters. The maximum Gasteiger partial charge on any atom is 0.414 e. The molecule has 0 saturated heterocycles. The molecule has 0 aliphatic carbocycles. The average Bonchev–Trinajstić information content (AvgIpc) is 3.41. The van der Waals surface area contributed by atoms with Gasteiger partial charge in [-0.05, 0) is 49.7 Å². The summed E-state index contributed by atoms with van der Waals surface area (Å²) in [4.78, 5) is 30.4. The van der Waals surface area contributed by atoms with Crippen molar-refractivity contribution in [2.75, 3.05) is 17.1 Å². The minimum Gasteiger partial charge on any atom is -0.455 e. The fourth-order valence-electron chi connectivity index (χ4n) is 5.43. The molecule has 3 aromatic carbocycles. The Labute approximate surface area is 270 Å². The van der Waals surface area contributed by atoms with Gasteiger partial charge in [-0.1, -0.05) is 55.0 Å². The van der Waals surface area contributed by atoms with E-state index in [1.165, 1.54) is 48.7 Å². The highest BCUT2D eigenvalue weighted by atomic mass is 32.2. The number of anilines is 1. The molecule has 12 heteroatoms. The highest BCUT2D eigenvalue weighted by Gasteiger charge is 2.43. The number of alkyl halides is 3. The number of amides is 1. The predicted octanol–water partition coefficient (Wildman–Crippen LogP) is 7.88. The molecular weight excluding hydrogens is 631 g/mol. The third-order valence-electron chi connectivity index (χ3n) is 7.70. The lowest BCUT2D eigenvalue weighted by Crippen LogP contribution is -2.38. The number of pyridine rings is 1. The van der Waals surface area contributed by atoms with E-state index >= 15 is 0 Å². The third-order valence-corrected chi connectivity index (χ3v) is 8.95. The topological polar surface area (TPSA) is 110 Å². The Kier molecular flexibility index (Phi) is 9.26. The molecule has 5 aromatic rings. The van der Waals surface area contributed by atoms with Crippen molar-refractivity contribution in [3.05, 3.63) is 107 Å². The van der Waals surface area contributed by atoms with Crippen molar-refractivity contribution < 1.29 is 35.6 Å². The van der Waals surface area contributed by atoms with Gasteiger partial charge in [-0.25, -0.2) is 8.42 Å². The van der Waals surface area contributed by atoms with Crippen LogP contribution >= 0.6 is 0 Å². The molecule has 1 unspecified atom stereocenters. The van der Waals surface area contributed by atoms with E-state index in [9.17, 15) is 31.2 Å². The molecule has 0 saturated carbocycles. The minimum absolute atomic E-state index is 0.0428. The fraction of sp³-hybridized carbons (Fsp3) is 0.229. The number of rotatable bonds is 10. The Bertz CT molecular complexity index is 2060. The number of ketones is 1. The van der Waals surface area contributed by atoms with E-state index in [1.807, 2.05) is 36.5 Å². The van der Waals surface area contributed by atoms with E-state index in [4.69, 9.17) is 4.42 Å². The van der Waals surface area contributed by atoms with Gasteiger partial charge in [0.2, 0.25) is 10.0 Å². The maximum absolute atomic E-state index is 14.0. The number of carbonyl (C=O) groups excluding carboxylic acids is 2. The molecule has 2 aromatic heterocycles. The standard InChI is InChI=1S/C35H32F3N3O5S/c1-5-29(42)31-26-19-25(23-10-9-11-24(18-23)34(43)40-33(35(36,37)38)27-12-7-8-17-39-27)28(41(6-2)47(4,44)45)20-30(26)46-32(31)22-15-13-21(3)14-16-22/h7-20,33H,5-6H2,1-4H3,(H,40,43). The summed E-state index contributed by atoms with van der Waals surface area (Å²) in [5, 5.41) is 2.46. The summed E-state index contributed by atoms with van der Waals surface area (Å²) >= 11 is 0. The van der Waals surface area contributed by atoms with Crippen LogP contribution in [-0.4, -0.2) is 44.1 Å². The van der Waals surface area contributed by atoms with Crippen LogP contribution in [0.2, 0.25) is 0 Å². The van der Waals surface area contributed by atoms with Crippen LogP contribution in [0, 0.1) is 6.92 Å². The number of sulfonamides is 1. The van der Waals surface area contributed by atoms with Crippen LogP contribution < -0.4 is 9.62 Å². The zero-order valence-electron chi connectivity index (χ0n) is 26.1. The number of Topliss-reactive ketones (excluding diaryl/α,β-unsaturated/α-hetero) is 1. The smallest absolute Gasteiger partial charge is 0.414 e. The van der Waals surface area contributed by atoms with E-state index in [2.05, 4.69) is 4.98 Å². The zero-order chi connectivity index (χ0) is 34.1. The number of fused-ring (bicyclic) bond motifs is 1. The summed E-state index contributed by atoms with van der Waals surface area (Å²) in [6, 6.07) is 18.1. The first-order valence-electron chi connectivity index (χ1n) is 14.8. The zero-order valence-corrected chi connectivity index (χ0v) is 26.9. The monoisotopic (exact) mass is 663 g/mol. The number of carbonyl (C=O) groups is 2. The highest BCUT2D eigenvalue weighted by Crippen LogP contribution is 2.42. The summed E-state index contributed by atoms with van der Waals surface area (Å²) in [5.41, 5.74) is 2.67. The van der Waals surface area contributed by atoms with Crippen molar-refractivity contribution in [3.8, 4) is 22.5 Å². The number of hydrogen-bond donors (Lipinski definition) is 1. The molecule has 47 heavy (non-hydrogen) atoms. The first-order valence-corrected chi connectivity index (χ1v) is 16.6. The molecule has 0 fully saturated rings. The molecule has 0 spiro atoms. The van der Waals surface area contributed by atoms with Gasteiger partial charge in [-0.15, -0.1) is 0 Å². The third kappa shape index (κ3) is 6.92. The summed E-state index contributed by atoms with van der Waals surface area (Å²) in [7, 11) is -3.82. The molecule has 0 aliphatic rings. The van der Waals surface area contributed by atoms with Gasteiger partial charge < -0.3 is 9.73 Å². The van der Waals surface area contributed by atoms with Crippen molar-refractivity contribution in [2.24, 2.45) is 0 Å². The normalized spacial score (nSPS) is 12.6. The summed E-state index contributed by atoms with van der Waals surface area (Å²) in [6.45, 7) is 5.35. The molecule has 8 nitrogen and oxygen atoms in total. The largest absolute Gasteiger partial charge is 0.455 e. The summed E-state index contributed by atoms with van der Waals surface area (Å²) in [5.74, 6) is -0.878. The first kappa shape index (κ1) is 33.4. The Morgan fingerprint density at radius 3 is 2.28 bits per heavy atom. The summed E-state index contributed by atoms with van der Waals surface area (Å²) < 4.78 is 75.3. The minimum atomic E-state index is -4.82. The SMILES string of the molecule is CCC(=O)c1c(-c2ccc(C)cc2)oc2cc(N(CC)S(C)(=O)=O)c(-c3cccc(C(=O)NC(c4ccccn4)C(F)(F)F)c3)cc12. The fourth-order valence-corrected chi connectivity index (χ4v) is 6.41. The Hall–Kier alpha value is -4.97. The van der Waals surface area contributed by atoms with Crippen molar-refractivity contribution in [1.82, 2.24) is 10.3 Å².